The Kier molecular flexibility index (Phi) is 5.91. The van der Waals surface area contributed by atoms with Crippen molar-refractivity contribution in [1.29, 1.82) is 0 Å². The zero-order valence-corrected chi connectivity index (χ0v) is 19.3. The first-order valence-electron chi connectivity index (χ1n) is 10.2. The Morgan fingerprint density at radius 1 is 1.14 bits per heavy atom. The van der Waals surface area contributed by atoms with Gasteiger partial charge in [-0.1, -0.05) is 23.3 Å². The number of aromatic nitrogens is 3. The molecule has 2 N–H and O–H groups in total. The molecule has 3 heterocycles. The number of thiazole rings is 1. The average Bonchev–Trinajstić information content (AvgIpc) is 3.59. The summed E-state index contributed by atoms with van der Waals surface area (Å²) in [7, 11) is 1.57. The number of aromatic amines is 1. The molecule has 5 rings (SSSR count). The number of hydrazine groups is 1. The number of hydrogen-bond acceptors (Lipinski definition) is 11. The normalized spacial score (nSPS) is 14.7. The highest BCUT2D eigenvalue weighted by Crippen LogP contribution is 2.26. The fraction of sp³-hybridized carbons (Fsp3) is 0.0909. The molecule has 0 atom stereocenters. The Labute approximate surface area is 201 Å². The summed E-state index contributed by atoms with van der Waals surface area (Å²) < 4.78 is 11.6. The number of methoxy groups -OCH3 is 1. The van der Waals surface area contributed by atoms with Crippen molar-refractivity contribution >= 4 is 28.1 Å². The molecule has 0 saturated carbocycles. The summed E-state index contributed by atoms with van der Waals surface area (Å²) in [6, 6.07) is 14.5. The number of nitrogens with one attached hydrogen (secondary N) is 2. The fourth-order valence-corrected chi connectivity index (χ4v) is 3.86. The number of H-pyrrole nitrogens is 1. The number of hydrogen-bond donors (Lipinski definition) is 2. The number of azo groups is 1. The van der Waals surface area contributed by atoms with Gasteiger partial charge in [-0.25, -0.2) is 19.6 Å². The molecule has 1 aliphatic rings. The van der Waals surface area contributed by atoms with Crippen LogP contribution < -0.4 is 25.6 Å². The van der Waals surface area contributed by atoms with Crippen LogP contribution in [-0.4, -0.2) is 23.3 Å². The maximum atomic E-state index is 12.4. The first kappa shape index (κ1) is 22.2. The third-order valence-electron chi connectivity index (χ3n) is 5.01. The number of anilines is 1. The number of aryl methyl sites for hydroxylation is 1. The highest BCUT2D eigenvalue weighted by molar-refractivity contribution is 7.13. The SMILES string of the molecule is COc1ccc(-[n+]2[nH]oc(=O)c2-c2csc(N=N/C=C3\C(=O)ONN3c3ccc(C)cc3)n2)cc1. The van der Waals surface area contributed by atoms with E-state index in [0.717, 1.165) is 5.56 Å². The van der Waals surface area contributed by atoms with Gasteiger partial charge in [0.25, 0.3) is 0 Å². The molecule has 0 aliphatic carbocycles. The van der Waals surface area contributed by atoms with Crippen molar-refractivity contribution in [1.82, 2.24) is 15.8 Å². The van der Waals surface area contributed by atoms with Gasteiger partial charge in [0.15, 0.2) is 11.4 Å². The van der Waals surface area contributed by atoms with Crippen LogP contribution in [0.25, 0.3) is 17.1 Å². The molecule has 1 fully saturated rings. The van der Waals surface area contributed by atoms with Crippen LogP contribution in [0.5, 0.6) is 5.75 Å². The summed E-state index contributed by atoms with van der Waals surface area (Å²) in [4.78, 5) is 33.7. The summed E-state index contributed by atoms with van der Waals surface area (Å²) in [5.74, 6) is 0.0734. The monoisotopic (exact) mass is 492 g/mol. The number of carbonyl (C=O) groups excluding carboxylic acids is 1. The lowest BCUT2D eigenvalue weighted by atomic mass is 10.2. The molecule has 2 aromatic carbocycles. The summed E-state index contributed by atoms with van der Waals surface area (Å²) in [5.41, 5.74) is 5.07. The van der Waals surface area contributed by atoms with E-state index in [0.29, 0.717) is 22.8 Å². The molecule has 0 amide bonds. The molecule has 0 bridgehead atoms. The summed E-state index contributed by atoms with van der Waals surface area (Å²) in [6.45, 7) is 1.96. The quantitative estimate of drug-likeness (QED) is 0.238. The second-order valence-corrected chi connectivity index (χ2v) is 8.10. The molecule has 1 aliphatic heterocycles. The third-order valence-corrected chi connectivity index (χ3v) is 5.73. The van der Waals surface area contributed by atoms with Gasteiger partial charge in [-0.05, 0) is 41.1 Å². The van der Waals surface area contributed by atoms with E-state index in [1.807, 2.05) is 31.2 Å². The zero-order chi connectivity index (χ0) is 24.4. The molecule has 0 spiro atoms. The van der Waals surface area contributed by atoms with Gasteiger partial charge in [0.05, 0.1) is 19.0 Å². The highest BCUT2D eigenvalue weighted by Gasteiger charge is 2.30. The van der Waals surface area contributed by atoms with E-state index in [2.05, 4.69) is 26.1 Å². The van der Waals surface area contributed by atoms with Crippen LogP contribution in [0.15, 0.2) is 85.4 Å². The zero-order valence-electron chi connectivity index (χ0n) is 18.5. The predicted octanol–water partition coefficient (Wildman–Crippen LogP) is 3.09. The van der Waals surface area contributed by atoms with E-state index in [4.69, 9.17) is 14.1 Å². The lowest BCUT2D eigenvalue weighted by Gasteiger charge is -2.14. The standard InChI is InChI=1S/C22H17N7O5S/c1-13-3-5-14(6-4-13)28-18(20(30)33-26-28)11-23-25-22-24-17(12-35-22)19-21(31)34-27-29(19)15-7-9-16(32-2)10-8-15/h3-12,26H,1-2H3/p+1/b18-11+,25-23?. The van der Waals surface area contributed by atoms with Gasteiger partial charge in [0.1, 0.15) is 5.75 Å². The van der Waals surface area contributed by atoms with Crippen LogP contribution in [0, 0.1) is 6.92 Å². The molecule has 35 heavy (non-hydrogen) atoms. The fourth-order valence-electron chi connectivity index (χ4n) is 3.23. The number of benzene rings is 2. The van der Waals surface area contributed by atoms with Crippen LogP contribution in [-0.2, 0) is 9.63 Å². The van der Waals surface area contributed by atoms with Gasteiger partial charge < -0.3 is 9.57 Å². The van der Waals surface area contributed by atoms with Gasteiger partial charge in [-0.15, -0.1) is 16.5 Å². The van der Waals surface area contributed by atoms with Crippen molar-refractivity contribution in [2.75, 3.05) is 12.1 Å². The Morgan fingerprint density at radius 2 is 1.91 bits per heavy atom. The second-order valence-electron chi connectivity index (χ2n) is 7.26. The molecule has 176 valence electrons. The summed E-state index contributed by atoms with van der Waals surface area (Å²) in [5, 5.41) is 14.0. The minimum absolute atomic E-state index is 0.151. The van der Waals surface area contributed by atoms with Crippen LogP contribution in [0.3, 0.4) is 0 Å². The Hall–Kier alpha value is -4.62. The smallest absolute Gasteiger partial charge is 0.437 e. The van der Waals surface area contributed by atoms with Crippen molar-refractivity contribution in [2.45, 2.75) is 6.92 Å². The molecule has 0 unspecified atom stereocenters. The Bertz CT molecular complexity index is 1490. The lowest BCUT2D eigenvalue weighted by Crippen LogP contribution is -2.36. The van der Waals surface area contributed by atoms with Crippen molar-refractivity contribution in [3.05, 3.63) is 81.8 Å². The van der Waals surface area contributed by atoms with E-state index < -0.39 is 11.6 Å². The average molecular weight is 492 g/mol. The largest absolute Gasteiger partial charge is 0.497 e. The van der Waals surface area contributed by atoms with Gasteiger partial charge >= 0.3 is 17.3 Å². The minimum atomic E-state index is -0.602. The highest BCUT2D eigenvalue weighted by atomic mass is 32.1. The summed E-state index contributed by atoms with van der Waals surface area (Å²) >= 11 is 1.17. The molecule has 13 heteroatoms. The number of rotatable bonds is 6. The lowest BCUT2D eigenvalue weighted by molar-refractivity contribution is -0.660. The molecule has 12 nitrogen and oxygen atoms in total. The van der Waals surface area contributed by atoms with Crippen molar-refractivity contribution in [3.63, 3.8) is 0 Å². The van der Waals surface area contributed by atoms with Crippen molar-refractivity contribution < 1.29 is 23.6 Å². The van der Waals surface area contributed by atoms with E-state index in [1.165, 1.54) is 27.2 Å². The first-order chi connectivity index (χ1) is 17.0. The topological polar surface area (TPSA) is 138 Å². The Morgan fingerprint density at radius 3 is 2.66 bits per heavy atom. The number of ether oxygens (including phenoxy) is 1. The molecule has 4 aromatic rings. The van der Waals surface area contributed by atoms with E-state index in [-0.39, 0.29) is 16.5 Å². The third kappa shape index (κ3) is 4.45. The van der Waals surface area contributed by atoms with Gasteiger partial charge in [0.2, 0.25) is 10.8 Å². The Balaban J connectivity index is 1.39. The maximum Gasteiger partial charge on any atom is 0.437 e. The molecular formula is C22H18N7O5S+. The number of nitrogens with zero attached hydrogens (tertiary/aromatic N) is 5. The number of carbonyl (C=O) groups is 1. The van der Waals surface area contributed by atoms with Crippen LogP contribution in [0.4, 0.5) is 10.8 Å². The van der Waals surface area contributed by atoms with E-state index in [9.17, 15) is 9.59 Å². The van der Waals surface area contributed by atoms with Crippen LogP contribution >= 0.6 is 11.3 Å². The van der Waals surface area contributed by atoms with Crippen molar-refractivity contribution in [2.24, 2.45) is 10.2 Å². The molecule has 0 radical (unpaired) electrons. The van der Waals surface area contributed by atoms with Crippen LogP contribution in [0.2, 0.25) is 0 Å². The van der Waals surface area contributed by atoms with E-state index >= 15 is 0 Å². The van der Waals surface area contributed by atoms with Crippen molar-refractivity contribution in [3.8, 4) is 22.8 Å². The van der Waals surface area contributed by atoms with Gasteiger partial charge in [-0.3, -0.25) is 4.52 Å². The molecule has 1 saturated heterocycles. The minimum Gasteiger partial charge on any atom is -0.497 e. The van der Waals surface area contributed by atoms with Gasteiger partial charge in [0, 0.05) is 17.5 Å². The van der Waals surface area contributed by atoms with E-state index in [1.54, 1.807) is 36.8 Å². The first-order valence-corrected chi connectivity index (χ1v) is 11.1. The van der Waals surface area contributed by atoms with Gasteiger partial charge in [-0.2, -0.15) is 5.11 Å². The molecule has 2 aromatic heterocycles. The summed E-state index contributed by atoms with van der Waals surface area (Å²) in [6.07, 6.45) is 1.27. The molecular weight excluding hydrogens is 474 g/mol. The maximum absolute atomic E-state index is 12.4. The van der Waals surface area contributed by atoms with Crippen LogP contribution in [0.1, 0.15) is 5.56 Å². The predicted molar refractivity (Wildman–Crippen MR) is 124 cm³/mol. The second kappa shape index (κ2) is 9.32.